The number of hydrogen-bond donors (Lipinski definition) is 4. The topological polar surface area (TPSA) is 90.6 Å². The summed E-state index contributed by atoms with van der Waals surface area (Å²) in [7, 11) is 1.74. The fourth-order valence-electron chi connectivity index (χ4n) is 0.940. The number of amidine groups is 1. The fraction of sp³-hybridized carbons (Fsp3) is 0.333. The highest BCUT2D eigenvalue weighted by Crippen LogP contribution is 2.13. The van der Waals surface area contributed by atoms with Crippen LogP contribution in [0, 0.1) is 12.3 Å². The molecule has 1 aromatic rings. The van der Waals surface area contributed by atoms with Crippen LogP contribution in [0.2, 0.25) is 0 Å². The maximum atomic E-state index is 7.21. The van der Waals surface area contributed by atoms with E-state index in [9.17, 15) is 0 Å². The van der Waals surface area contributed by atoms with Crippen LogP contribution < -0.4 is 11.1 Å². The molecular weight excluding hydrogens is 142 g/mol. The van der Waals surface area contributed by atoms with Gasteiger partial charge in [-0.15, -0.1) is 0 Å². The van der Waals surface area contributed by atoms with E-state index in [1.54, 1.807) is 7.05 Å². The van der Waals surface area contributed by atoms with Crippen molar-refractivity contribution in [3.8, 4) is 0 Å². The van der Waals surface area contributed by atoms with Crippen molar-refractivity contribution >= 4 is 11.7 Å². The molecule has 0 unspecified atom stereocenters. The van der Waals surface area contributed by atoms with Crippen LogP contribution in [0.3, 0.4) is 0 Å². The number of nitrogens with one attached hydrogen (secondary N) is 3. The molecule has 0 bridgehead atoms. The van der Waals surface area contributed by atoms with Gasteiger partial charge in [0.15, 0.2) is 5.82 Å². The molecule has 0 aromatic carbocycles. The molecule has 0 fully saturated rings. The lowest BCUT2D eigenvalue weighted by molar-refractivity contribution is 1.05. The van der Waals surface area contributed by atoms with E-state index in [-0.39, 0.29) is 5.84 Å². The smallest absolute Gasteiger partial charge is 0.158 e. The molecule has 11 heavy (non-hydrogen) atoms. The molecule has 1 aromatic heterocycles. The number of rotatable bonds is 2. The van der Waals surface area contributed by atoms with Crippen molar-refractivity contribution in [1.82, 2.24) is 10.2 Å². The Balaban J connectivity index is 3.17. The van der Waals surface area contributed by atoms with Crippen molar-refractivity contribution in [2.45, 2.75) is 6.92 Å². The number of aromatic nitrogens is 2. The Labute approximate surface area is 64.5 Å². The van der Waals surface area contributed by atoms with Gasteiger partial charge in [0.2, 0.25) is 0 Å². The lowest BCUT2D eigenvalue weighted by atomic mass is 10.2. The summed E-state index contributed by atoms with van der Waals surface area (Å²) in [5, 5.41) is 16.7. The number of hydrogen-bond acceptors (Lipinski definition) is 3. The number of anilines is 1. The highest BCUT2D eigenvalue weighted by molar-refractivity contribution is 6.00. The average molecular weight is 153 g/mol. The SMILES string of the molecule is CNc1n[nH]c(C)c1C(=N)N. The van der Waals surface area contributed by atoms with Gasteiger partial charge in [0.25, 0.3) is 0 Å². The monoisotopic (exact) mass is 153 g/mol. The third-order valence-corrected chi connectivity index (χ3v) is 1.45. The second kappa shape index (κ2) is 2.61. The number of nitrogen functional groups attached to an aromatic ring is 1. The minimum Gasteiger partial charge on any atom is -0.384 e. The van der Waals surface area contributed by atoms with Gasteiger partial charge >= 0.3 is 0 Å². The van der Waals surface area contributed by atoms with Crippen molar-refractivity contribution < 1.29 is 0 Å². The fourth-order valence-corrected chi connectivity index (χ4v) is 0.940. The van der Waals surface area contributed by atoms with E-state index in [0.29, 0.717) is 11.4 Å². The minimum atomic E-state index is 0.0283. The Bertz CT molecular complexity index is 275. The Kier molecular flexibility index (Phi) is 1.80. The summed E-state index contributed by atoms with van der Waals surface area (Å²) in [6.07, 6.45) is 0. The molecule has 60 valence electrons. The van der Waals surface area contributed by atoms with Gasteiger partial charge in [-0.2, -0.15) is 5.10 Å². The van der Waals surface area contributed by atoms with E-state index in [2.05, 4.69) is 15.5 Å². The van der Waals surface area contributed by atoms with E-state index >= 15 is 0 Å². The molecule has 0 radical (unpaired) electrons. The largest absolute Gasteiger partial charge is 0.384 e. The lowest BCUT2D eigenvalue weighted by Gasteiger charge is -1.98. The summed E-state index contributed by atoms with van der Waals surface area (Å²) in [6, 6.07) is 0. The van der Waals surface area contributed by atoms with Crippen LogP contribution in [-0.4, -0.2) is 23.1 Å². The number of nitrogens with zero attached hydrogens (tertiary/aromatic N) is 1. The molecular formula is C6H11N5. The Morgan fingerprint density at radius 3 is 2.73 bits per heavy atom. The zero-order valence-corrected chi connectivity index (χ0v) is 6.52. The first-order valence-electron chi connectivity index (χ1n) is 3.24. The summed E-state index contributed by atoms with van der Waals surface area (Å²) < 4.78 is 0. The summed E-state index contributed by atoms with van der Waals surface area (Å²) in [4.78, 5) is 0. The van der Waals surface area contributed by atoms with Crippen LogP contribution in [0.25, 0.3) is 0 Å². The highest BCUT2D eigenvalue weighted by atomic mass is 15.2. The van der Waals surface area contributed by atoms with Crippen molar-refractivity contribution in [2.75, 3.05) is 12.4 Å². The molecule has 5 N–H and O–H groups in total. The molecule has 0 aliphatic heterocycles. The Hall–Kier alpha value is -1.52. The predicted octanol–water partition coefficient (Wildman–Crippen LogP) is 0.0439. The van der Waals surface area contributed by atoms with Crippen LogP contribution in [0.15, 0.2) is 0 Å². The van der Waals surface area contributed by atoms with Crippen molar-refractivity contribution in [1.29, 1.82) is 5.41 Å². The predicted molar refractivity (Wildman–Crippen MR) is 43.9 cm³/mol. The minimum absolute atomic E-state index is 0.0283. The molecule has 5 nitrogen and oxygen atoms in total. The van der Waals surface area contributed by atoms with E-state index < -0.39 is 0 Å². The normalized spacial score (nSPS) is 9.64. The molecule has 0 aliphatic rings. The lowest BCUT2D eigenvalue weighted by Crippen LogP contribution is -2.13. The molecule has 1 heterocycles. The van der Waals surface area contributed by atoms with E-state index in [4.69, 9.17) is 11.1 Å². The third kappa shape index (κ3) is 1.17. The van der Waals surface area contributed by atoms with Crippen LogP contribution in [-0.2, 0) is 0 Å². The van der Waals surface area contributed by atoms with Gasteiger partial charge in [-0.1, -0.05) is 0 Å². The Morgan fingerprint density at radius 2 is 2.36 bits per heavy atom. The molecule has 0 atom stereocenters. The first-order chi connectivity index (χ1) is 5.16. The van der Waals surface area contributed by atoms with Gasteiger partial charge in [-0.25, -0.2) is 0 Å². The van der Waals surface area contributed by atoms with E-state index in [1.807, 2.05) is 6.92 Å². The molecule has 0 amide bonds. The first kappa shape index (κ1) is 7.59. The maximum Gasteiger partial charge on any atom is 0.158 e. The zero-order valence-electron chi connectivity index (χ0n) is 6.52. The molecule has 0 saturated carbocycles. The van der Waals surface area contributed by atoms with Gasteiger partial charge in [-0.3, -0.25) is 10.5 Å². The van der Waals surface area contributed by atoms with Gasteiger partial charge in [0, 0.05) is 12.7 Å². The highest BCUT2D eigenvalue weighted by Gasteiger charge is 2.10. The summed E-state index contributed by atoms with van der Waals surface area (Å²) in [6.45, 7) is 1.82. The van der Waals surface area contributed by atoms with Gasteiger partial charge in [0.05, 0.1) is 5.56 Å². The zero-order chi connectivity index (χ0) is 8.43. The molecule has 1 rings (SSSR count). The van der Waals surface area contributed by atoms with E-state index in [1.165, 1.54) is 0 Å². The third-order valence-electron chi connectivity index (χ3n) is 1.45. The van der Waals surface area contributed by atoms with Crippen molar-refractivity contribution in [2.24, 2.45) is 5.73 Å². The summed E-state index contributed by atoms with van der Waals surface area (Å²) in [5.74, 6) is 0.649. The van der Waals surface area contributed by atoms with Crippen LogP contribution >= 0.6 is 0 Å². The van der Waals surface area contributed by atoms with Crippen LogP contribution in [0.4, 0.5) is 5.82 Å². The summed E-state index contributed by atoms with van der Waals surface area (Å²) >= 11 is 0. The quantitative estimate of drug-likeness (QED) is 0.357. The standard InChI is InChI=1S/C6H11N5/c1-3-4(5(7)8)6(9-2)11-10-3/h1-2H3,(H3,7,8)(H2,9,10,11). The first-order valence-corrected chi connectivity index (χ1v) is 3.24. The Morgan fingerprint density at radius 1 is 1.73 bits per heavy atom. The van der Waals surface area contributed by atoms with E-state index in [0.717, 1.165) is 5.69 Å². The molecule has 0 spiro atoms. The van der Waals surface area contributed by atoms with Gasteiger partial charge in [-0.05, 0) is 6.92 Å². The number of H-pyrrole nitrogens is 1. The average Bonchev–Trinajstić information content (AvgIpc) is 2.30. The van der Waals surface area contributed by atoms with Crippen LogP contribution in [0.5, 0.6) is 0 Å². The molecule has 0 saturated heterocycles. The summed E-state index contributed by atoms with van der Waals surface area (Å²) in [5.41, 5.74) is 6.77. The number of aryl methyl sites for hydroxylation is 1. The second-order valence-corrected chi connectivity index (χ2v) is 2.24. The van der Waals surface area contributed by atoms with Crippen LogP contribution in [0.1, 0.15) is 11.3 Å². The molecule has 5 heteroatoms. The molecule has 0 aliphatic carbocycles. The maximum absolute atomic E-state index is 7.21. The number of nitrogens with two attached hydrogens (primary N) is 1. The van der Waals surface area contributed by atoms with Crippen molar-refractivity contribution in [3.63, 3.8) is 0 Å². The van der Waals surface area contributed by atoms with Crippen molar-refractivity contribution in [3.05, 3.63) is 11.3 Å². The number of aromatic amines is 1. The van der Waals surface area contributed by atoms with Gasteiger partial charge in [0.1, 0.15) is 5.84 Å². The van der Waals surface area contributed by atoms with Gasteiger partial charge < -0.3 is 11.1 Å². The second-order valence-electron chi connectivity index (χ2n) is 2.24.